The van der Waals surface area contributed by atoms with E-state index in [1.807, 2.05) is 0 Å². The van der Waals surface area contributed by atoms with Gasteiger partial charge in [0.15, 0.2) is 0 Å². The molecule has 0 bridgehead atoms. The van der Waals surface area contributed by atoms with E-state index in [1.54, 1.807) is 19.1 Å². The van der Waals surface area contributed by atoms with Gasteiger partial charge in [0.05, 0.1) is 17.7 Å². The number of carbonyl (C=O) groups excluding carboxylic acids is 1. The van der Waals surface area contributed by atoms with Crippen molar-refractivity contribution >= 4 is 29.1 Å². The number of methoxy groups -OCH3 is 1. The third-order valence-corrected chi connectivity index (χ3v) is 3.15. The molecule has 0 unspecified atom stereocenters. The molecule has 1 amide bonds. The molecule has 0 fully saturated rings. The first-order chi connectivity index (χ1) is 10.9. The topological polar surface area (TPSA) is 90.7 Å². The Kier molecular flexibility index (Phi) is 5.02. The fraction of sp³-hybridized carbons (Fsp3) is 0.133. The largest absolute Gasteiger partial charge is 0.495 e. The van der Waals surface area contributed by atoms with Gasteiger partial charge in [0.1, 0.15) is 5.75 Å². The minimum Gasteiger partial charge on any atom is -0.495 e. The molecule has 2 aromatic carbocycles. The lowest BCUT2D eigenvalue weighted by Gasteiger charge is -2.11. The van der Waals surface area contributed by atoms with E-state index in [-0.39, 0.29) is 11.4 Å². The van der Waals surface area contributed by atoms with Crippen molar-refractivity contribution in [3.8, 4) is 11.5 Å². The zero-order chi connectivity index (χ0) is 17.0. The van der Waals surface area contributed by atoms with Gasteiger partial charge in [-0.25, -0.2) is 4.79 Å². The number of ether oxygens (including phenoxy) is 2. The molecule has 0 saturated heterocycles. The number of hydrogen-bond acceptors (Lipinski definition) is 5. The average molecular weight is 337 g/mol. The summed E-state index contributed by atoms with van der Waals surface area (Å²) in [5.41, 5.74) is 0.726. The zero-order valence-corrected chi connectivity index (χ0v) is 13.1. The molecule has 23 heavy (non-hydrogen) atoms. The molecule has 0 spiro atoms. The molecule has 2 rings (SSSR count). The van der Waals surface area contributed by atoms with Crippen LogP contribution in [0, 0.1) is 17.0 Å². The standard InChI is InChI=1S/C15H13ClN2O5/c1-9-3-6-13(12(7-9)18(20)21)23-15(19)17-11-5-4-10(16)8-14(11)22-2/h3-8H,1-2H3,(H,17,19). The van der Waals surface area contributed by atoms with Crippen LogP contribution in [-0.2, 0) is 0 Å². The maximum absolute atomic E-state index is 12.0. The summed E-state index contributed by atoms with van der Waals surface area (Å²) in [6.45, 7) is 1.70. The van der Waals surface area contributed by atoms with E-state index in [1.165, 1.54) is 31.4 Å². The van der Waals surface area contributed by atoms with Gasteiger partial charge in [-0.1, -0.05) is 17.7 Å². The number of aryl methyl sites for hydroxylation is 1. The lowest BCUT2D eigenvalue weighted by atomic mass is 10.2. The number of anilines is 1. The van der Waals surface area contributed by atoms with Crippen LogP contribution in [0.2, 0.25) is 5.02 Å². The highest BCUT2D eigenvalue weighted by Gasteiger charge is 2.19. The highest BCUT2D eigenvalue weighted by Crippen LogP contribution is 2.30. The molecule has 120 valence electrons. The quantitative estimate of drug-likeness (QED) is 0.668. The Labute approximate surface area is 136 Å². The van der Waals surface area contributed by atoms with E-state index < -0.39 is 11.0 Å². The highest BCUT2D eigenvalue weighted by molar-refractivity contribution is 6.30. The first-order valence-corrected chi connectivity index (χ1v) is 6.86. The van der Waals surface area contributed by atoms with Gasteiger partial charge in [-0.15, -0.1) is 0 Å². The van der Waals surface area contributed by atoms with Crippen molar-refractivity contribution in [1.29, 1.82) is 0 Å². The molecule has 0 atom stereocenters. The molecule has 0 heterocycles. The van der Waals surface area contributed by atoms with E-state index in [4.69, 9.17) is 21.1 Å². The minimum atomic E-state index is -0.877. The number of nitro benzene ring substituents is 1. The molecular formula is C15H13ClN2O5. The molecule has 8 heteroatoms. The molecule has 0 aliphatic rings. The number of rotatable bonds is 4. The van der Waals surface area contributed by atoms with Gasteiger partial charge in [-0.3, -0.25) is 15.4 Å². The highest BCUT2D eigenvalue weighted by atomic mass is 35.5. The molecule has 0 aliphatic heterocycles. The van der Waals surface area contributed by atoms with Crippen LogP contribution in [0.4, 0.5) is 16.2 Å². The lowest BCUT2D eigenvalue weighted by Crippen LogP contribution is -2.17. The molecular weight excluding hydrogens is 324 g/mol. The minimum absolute atomic E-state index is 0.147. The molecule has 1 N–H and O–H groups in total. The van der Waals surface area contributed by atoms with Crippen LogP contribution in [0.25, 0.3) is 0 Å². The molecule has 0 aromatic heterocycles. The third kappa shape index (κ3) is 4.10. The fourth-order valence-corrected chi connectivity index (χ4v) is 2.02. The van der Waals surface area contributed by atoms with E-state index in [2.05, 4.69) is 5.32 Å². The van der Waals surface area contributed by atoms with Crippen LogP contribution in [0.5, 0.6) is 11.5 Å². The first kappa shape index (κ1) is 16.6. The van der Waals surface area contributed by atoms with Crippen molar-refractivity contribution in [1.82, 2.24) is 0 Å². The summed E-state index contributed by atoms with van der Waals surface area (Å²) >= 11 is 5.83. The predicted octanol–water partition coefficient (Wildman–Crippen LogP) is 4.18. The molecule has 7 nitrogen and oxygen atoms in total. The van der Waals surface area contributed by atoms with E-state index in [0.717, 1.165) is 0 Å². The van der Waals surface area contributed by atoms with Crippen LogP contribution in [-0.4, -0.2) is 18.1 Å². The second kappa shape index (κ2) is 6.97. The van der Waals surface area contributed by atoms with Crippen molar-refractivity contribution in [2.75, 3.05) is 12.4 Å². The van der Waals surface area contributed by atoms with Crippen LogP contribution in [0.1, 0.15) is 5.56 Å². The Balaban J connectivity index is 2.19. The normalized spacial score (nSPS) is 10.0. The van der Waals surface area contributed by atoms with Crippen molar-refractivity contribution in [3.05, 3.63) is 57.1 Å². The second-order valence-corrected chi connectivity index (χ2v) is 5.02. The molecule has 2 aromatic rings. The Morgan fingerprint density at radius 3 is 2.61 bits per heavy atom. The first-order valence-electron chi connectivity index (χ1n) is 6.48. The van der Waals surface area contributed by atoms with Crippen molar-refractivity contribution in [2.45, 2.75) is 6.92 Å². The number of amides is 1. The maximum atomic E-state index is 12.0. The van der Waals surface area contributed by atoms with Gasteiger partial charge in [-0.05, 0) is 30.7 Å². The third-order valence-electron chi connectivity index (χ3n) is 2.91. The summed E-state index contributed by atoms with van der Waals surface area (Å²) in [7, 11) is 1.42. The monoisotopic (exact) mass is 336 g/mol. The summed E-state index contributed by atoms with van der Waals surface area (Å²) in [4.78, 5) is 22.3. The van der Waals surface area contributed by atoms with Gasteiger partial charge >= 0.3 is 11.8 Å². The van der Waals surface area contributed by atoms with Gasteiger partial charge in [0.25, 0.3) is 0 Å². The number of halogens is 1. The summed E-state index contributed by atoms with van der Waals surface area (Å²) in [6.07, 6.45) is -0.877. The van der Waals surface area contributed by atoms with Crippen LogP contribution in [0.3, 0.4) is 0 Å². The number of hydrogen-bond donors (Lipinski definition) is 1. The van der Waals surface area contributed by atoms with Crippen LogP contribution >= 0.6 is 11.6 Å². The van der Waals surface area contributed by atoms with Crippen molar-refractivity contribution < 1.29 is 19.2 Å². The van der Waals surface area contributed by atoms with Gasteiger partial charge in [-0.2, -0.15) is 0 Å². The number of nitrogens with zero attached hydrogens (tertiary/aromatic N) is 1. The zero-order valence-electron chi connectivity index (χ0n) is 12.3. The maximum Gasteiger partial charge on any atom is 0.417 e. The summed E-state index contributed by atoms with van der Waals surface area (Å²) in [5.74, 6) is 0.193. The Morgan fingerprint density at radius 2 is 1.96 bits per heavy atom. The van der Waals surface area contributed by atoms with Crippen molar-refractivity contribution in [3.63, 3.8) is 0 Å². The number of carbonyl (C=O) groups is 1. The molecule has 0 saturated carbocycles. The summed E-state index contributed by atoms with van der Waals surface area (Å²) in [6, 6.07) is 8.92. The van der Waals surface area contributed by atoms with Crippen LogP contribution in [0.15, 0.2) is 36.4 Å². The van der Waals surface area contributed by atoms with E-state index >= 15 is 0 Å². The summed E-state index contributed by atoms with van der Waals surface area (Å²) < 4.78 is 10.1. The smallest absolute Gasteiger partial charge is 0.417 e. The van der Waals surface area contributed by atoms with Crippen LogP contribution < -0.4 is 14.8 Å². The number of nitro groups is 1. The predicted molar refractivity (Wildman–Crippen MR) is 85.5 cm³/mol. The number of nitrogens with one attached hydrogen (secondary N) is 1. The molecule has 0 radical (unpaired) electrons. The van der Waals surface area contributed by atoms with Crippen molar-refractivity contribution in [2.24, 2.45) is 0 Å². The summed E-state index contributed by atoms with van der Waals surface area (Å²) in [5, 5.41) is 13.9. The second-order valence-electron chi connectivity index (χ2n) is 4.59. The Hall–Kier alpha value is -2.80. The molecule has 0 aliphatic carbocycles. The van der Waals surface area contributed by atoms with Gasteiger partial charge in [0.2, 0.25) is 5.75 Å². The van der Waals surface area contributed by atoms with E-state index in [9.17, 15) is 14.9 Å². The van der Waals surface area contributed by atoms with Gasteiger partial charge < -0.3 is 9.47 Å². The lowest BCUT2D eigenvalue weighted by molar-refractivity contribution is -0.385. The average Bonchev–Trinajstić information content (AvgIpc) is 2.50. The SMILES string of the molecule is COc1cc(Cl)ccc1NC(=O)Oc1ccc(C)cc1[N+](=O)[O-]. The fourth-order valence-electron chi connectivity index (χ4n) is 1.86. The van der Waals surface area contributed by atoms with Gasteiger partial charge in [0, 0.05) is 17.2 Å². The Morgan fingerprint density at radius 1 is 1.22 bits per heavy atom. The Bertz CT molecular complexity index is 764. The number of benzene rings is 2. The van der Waals surface area contributed by atoms with E-state index in [0.29, 0.717) is 22.0 Å².